The summed E-state index contributed by atoms with van der Waals surface area (Å²) in [5.74, 6) is 0.875. The maximum Gasteiger partial charge on any atom is 0.226 e. The molecule has 0 radical (unpaired) electrons. The van der Waals surface area contributed by atoms with Gasteiger partial charge >= 0.3 is 0 Å². The highest BCUT2D eigenvalue weighted by Gasteiger charge is 2.21. The number of anilines is 1. The predicted molar refractivity (Wildman–Crippen MR) is 98.3 cm³/mol. The summed E-state index contributed by atoms with van der Waals surface area (Å²) in [4.78, 5) is 12.2. The molecule has 2 aliphatic heterocycles. The zero-order chi connectivity index (χ0) is 17.1. The van der Waals surface area contributed by atoms with Crippen LogP contribution in [0.25, 0.3) is 11.3 Å². The number of hydrogen-bond acceptors (Lipinski definition) is 5. The molecule has 1 saturated heterocycles. The molecule has 0 spiro atoms. The van der Waals surface area contributed by atoms with E-state index >= 15 is 0 Å². The number of aryl methyl sites for hydroxylation is 1. The van der Waals surface area contributed by atoms with E-state index in [2.05, 4.69) is 16.3 Å². The van der Waals surface area contributed by atoms with Crippen LogP contribution in [0.1, 0.15) is 42.5 Å². The Kier molecular flexibility index (Phi) is 4.62. The van der Waals surface area contributed by atoms with E-state index in [0.29, 0.717) is 5.56 Å². The summed E-state index contributed by atoms with van der Waals surface area (Å²) >= 11 is 0. The van der Waals surface area contributed by atoms with Crippen LogP contribution >= 0.6 is 0 Å². The first-order chi connectivity index (χ1) is 12.3. The molecule has 1 aromatic carbocycles. The normalized spacial score (nSPS) is 17.5. The van der Waals surface area contributed by atoms with Gasteiger partial charge in [-0.15, -0.1) is 0 Å². The highest BCUT2D eigenvalue weighted by molar-refractivity contribution is 5.66. The summed E-state index contributed by atoms with van der Waals surface area (Å²) in [6, 6.07) is 9.94. The molecule has 0 atom stereocenters. The van der Waals surface area contributed by atoms with Gasteiger partial charge in [-0.2, -0.15) is 5.26 Å². The van der Waals surface area contributed by atoms with E-state index in [9.17, 15) is 0 Å². The number of hydrogen-bond donors (Lipinski definition) is 1. The SMILES string of the molecule is N#Cc1ccc(-c2nc(N3CCCCC3)nc3c2CNCCC3)cc1. The second-order valence-electron chi connectivity index (χ2n) is 6.81. The fourth-order valence-corrected chi connectivity index (χ4v) is 3.68. The minimum atomic E-state index is 0.679. The number of piperidine rings is 1. The van der Waals surface area contributed by atoms with E-state index in [1.54, 1.807) is 0 Å². The van der Waals surface area contributed by atoms with Gasteiger partial charge in [-0.25, -0.2) is 9.97 Å². The zero-order valence-electron chi connectivity index (χ0n) is 14.5. The lowest BCUT2D eigenvalue weighted by Crippen LogP contribution is -2.31. The van der Waals surface area contributed by atoms with Crippen molar-refractivity contribution < 1.29 is 0 Å². The highest BCUT2D eigenvalue weighted by Crippen LogP contribution is 2.29. The van der Waals surface area contributed by atoms with E-state index in [1.165, 1.54) is 30.5 Å². The van der Waals surface area contributed by atoms with Crippen molar-refractivity contribution in [3.63, 3.8) is 0 Å². The van der Waals surface area contributed by atoms with Crippen molar-refractivity contribution in [1.82, 2.24) is 15.3 Å². The molecule has 1 fully saturated rings. The van der Waals surface area contributed by atoms with Crippen LogP contribution in [-0.4, -0.2) is 29.6 Å². The molecular weight excluding hydrogens is 310 g/mol. The molecule has 25 heavy (non-hydrogen) atoms. The van der Waals surface area contributed by atoms with Gasteiger partial charge in [-0.1, -0.05) is 12.1 Å². The lowest BCUT2D eigenvalue weighted by molar-refractivity contribution is 0.567. The first-order valence-electron chi connectivity index (χ1n) is 9.21. The molecule has 2 aliphatic rings. The van der Waals surface area contributed by atoms with Crippen molar-refractivity contribution in [2.75, 3.05) is 24.5 Å². The molecule has 0 saturated carbocycles. The van der Waals surface area contributed by atoms with Gasteiger partial charge < -0.3 is 10.2 Å². The summed E-state index contributed by atoms with van der Waals surface area (Å²) in [6.07, 6.45) is 5.83. The second-order valence-corrected chi connectivity index (χ2v) is 6.81. The first-order valence-corrected chi connectivity index (χ1v) is 9.21. The zero-order valence-corrected chi connectivity index (χ0v) is 14.5. The van der Waals surface area contributed by atoms with Gasteiger partial charge in [0.2, 0.25) is 5.95 Å². The van der Waals surface area contributed by atoms with Gasteiger partial charge in [-0.3, -0.25) is 0 Å². The maximum absolute atomic E-state index is 9.05. The van der Waals surface area contributed by atoms with Crippen molar-refractivity contribution >= 4 is 5.95 Å². The highest BCUT2D eigenvalue weighted by atomic mass is 15.3. The molecule has 0 bridgehead atoms. The van der Waals surface area contributed by atoms with Crippen LogP contribution in [0.3, 0.4) is 0 Å². The maximum atomic E-state index is 9.05. The number of nitriles is 1. The summed E-state index contributed by atoms with van der Waals surface area (Å²) < 4.78 is 0. The molecule has 1 N–H and O–H groups in total. The van der Waals surface area contributed by atoms with E-state index in [4.69, 9.17) is 15.2 Å². The van der Waals surface area contributed by atoms with Gasteiger partial charge in [0.1, 0.15) is 0 Å². The average Bonchev–Trinajstić information content (AvgIpc) is 2.93. The number of fused-ring (bicyclic) bond motifs is 1. The Balaban J connectivity index is 1.80. The number of aromatic nitrogens is 2. The Labute approximate surface area is 148 Å². The number of nitrogens with one attached hydrogen (secondary N) is 1. The summed E-state index contributed by atoms with van der Waals surface area (Å²) in [6.45, 7) is 3.92. The van der Waals surface area contributed by atoms with Crippen LogP contribution in [0.2, 0.25) is 0 Å². The molecule has 5 heteroatoms. The van der Waals surface area contributed by atoms with Gasteiger partial charge in [0.05, 0.1) is 23.0 Å². The average molecular weight is 333 g/mol. The topological polar surface area (TPSA) is 64.8 Å². The summed E-state index contributed by atoms with van der Waals surface area (Å²) in [5.41, 5.74) is 5.16. The molecule has 3 heterocycles. The second kappa shape index (κ2) is 7.20. The van der Waals surface area contributed by atoms with Crippen LogP contribution in [0.5, 0.6) is 0 Å². The molecular formula is C20H23N5. The smallest absolute Gasteiger partial charge is 0.226 e. The number of benzene rings is 1. The van der Waals surface area contributed by atoms with E-state index in [1.807, 2.05) is 24.3 Å². The molecule has 128 valence electrons. The molecule has 1 aromatic heterocycles. The molecule has 0 amide bonds. The first kappa shape index (κ1) is 16.0. The number of rotatable bonds is 2. The fourth-order valence-electron chi connectivity index (χ4n) is 3.68. The molecule has 4 rings (SSSR count). The van der Waals surface area contributed by atoms with E-state index in [0.717, 1.165) is 56.2 Å². The Morgan fingerprint density at radius 2 is 1.80 bits per heavy atom. The van der Waals surface area contributed by atoms with Crippen LogP contribution in [0, 0.1) is 11.3 Å². The van der Waals surface area contributed by atoms with Crippen molar-refractivity contribution in [3.05, 3.63) is 41.1 Å². The minimum absolute atomic E-state index is 0.679. The lowest BCUT2D eigenvalue weighted by atomic mass is 10.0. The van der Waals surface area contributed by atoms with Gasteiger partial charge in [0, 0.05) is 30.8 Å². The van der Waals surface area contributed by atoms with Gasteiger partial charge in [-0.05, 0) is 50.8 Å². The van der Waals surface area contributed by atoms with E-state index in [-0.39, 0.29) is 0 Å². The van der Waals surface area contributed by atoms with Gasteiger partial charge in [0.25, 0.3) is 0 Å². The van der Waals surface area contributed by atoms with E-state index < -0.39 is 0 Å². The monoisotopic (exact) mass is 333 g/mol. The van der Waals surface area contributed by atoms with Crippen LogP contribution in [0.15, 0.2) is 24.3 Å². The largest absolute Gasteiger partial charge is 0.341 e. The van der Waals surface area contributed by atoms with Crippen molar-refractivity contribution in [1.29, 1.82) is 5.26 Å². The molecule has 2 aromatic rings. The third-order valence-corrected chi connectivity index (χ3v) is 5.08. The summed E-state index contributed by atoms with van der Waals surface area (Å²) in [7, 11) is 0. The van der Waals surface area contributed by atoms with Crippen molar-refractivity contribution in [2.24, 2.45) is 0 Å². The van der Waals surface area contributed by atoms with Crippen LogP contribution in [0.4, 0.5) is 5.95 Å². The summed E-state index contributed by atoms with van der Waals surface area (Å²) in [5, 5.41) is 12.5. The van der Waals surface area contributed by atoms with Crippen LogP contribution in [-0.2, 0) is 13.0 Å². The number of nitrogens with zero attached hydrogens (tertiary/aromatic N) is 4. The lowest BCUT2D eigenvalue weighted by Gasteiger charge is -2.28. The molecule has 5 nitrogen and oxygen atoms in total. The molecule has 0 aliphatic carbocycles. The minimum Gasteiger partial charge on any atom is -0.341 e. The predicted octanol–water partition coefficient (Wildman–Crippen LogP) is 3.04. The third-order valence-electron chi connectivity index (χ3n) is 5.08. The quantitative estimate of drug-likeness (QED) is 0.915. The Hall–Kier alpha value is -2.45. The fraction of sp³-hybridized carbons (Fsp3) is 0.450. The Morgan fingerprint density at radius 1 is 1.00 bits per heavy atom. The standard InChI is InChI=1S/C20H23N5/c21-13-15-6-8-16(9-7-15)19-17-14-22-10-4-5-18(17)23-20(24-19)25-11-2-1-3-12-25/h6-9,22H,1-5,10-12,14H2. The van der Waals surface area contributed by atoms with Crippen molar-refractivity contribution in [3.8, 4) is 17.3 Å². The Bertz CT molecular complexity index is 785. The Morgan fingerprint density at radius 3 is 2.56 bits per heavy atom. The molecule has 0 unspecified atom stereocenters. The van der Waals surface area contributed by atoms with Crippen LogP contribution < -0.4 is 10.2 Å². The van der Waals surface area contributed by atoms with Crippen molar-refractivity contribution in [2.45, 2.75) is 38.6 Å². The third kappa shape index (κ3) is 3.35. The van der Waals surface area contributed by atoms with Gasteiger partial charge in [0.15, 0.2) is 0 Å².